The molecule has 0 radical (unpaired) electrons. The second-order valence-electron chi connectivity index (χ2n) is 11.3. The predicted molar refractivity (Wildman–Crippen MR) is 125 cm³/mol. The fraction of sp³-hybridized carbons (Fsp3) is 0.786. The zero-order valence-electron chi connectivity index (χ0n) is 19.6. The summed E-state index contributed by atoms with van der Waals surface area (Å²) in [6.45, 7) is 6.97. The molecule has 0 aromatic carbocycles. The first-order valence-corrected chi connectivity index (χ1v) is 12.8. The van der Waals surface area contributed by atoms with E-state index in [0.29, 0.717) is 11.3 Å². The molecule has 30 heavy (non-hydrogen) atoms. The molecule has 4 rings (SSSR count). The van der Waals surface area contributed by atoms with Crippen molar-refractivity contribution in [3.05, 3.63) is 34.9 Å². The van der Waals surface area contributed by atoms with Gasteiger partial charge >= 0.3 is 0 Å². The molecule has 2 nitrogen and oxygen atoms in total. The van der Waals surface area contributed by atoms with Gasteiger partial charge in [-0.1, -0.05) is 56.1 Å². The zero-order chi connectivity index (χ0) is 21.3. The highest BCUT2D eigenvalue weighted by Crippen LogP contribution is 2.60. The average molecular weight is 413 g/mol. The molecule has 2 N–H and O–H groups in total. The Labute approximate surface area is 184 Å². The van der Waals surface area contributed by atoms with Crippen LogP contribution in [0, 0.1) is 29.1 Å². The maximum Gasteiger partial charge on any atom is 0.0790 e. The maximum absolute atomic E-state index is 10.5. The topological polar surface area (TPSA) is 40.5 Å². The number of allylic oxidation sites excluding steroid dienone is 4. The van der Waals surface area contributed by atoms with Crippen LogP contribution in [0.15, 0.2) is 34.9 Å². The molecule has 4 aliphatic rings. The summed E-state index contributed by atoms with van der Waals surface area (Å²) in [7, 11) is 0. The van der Waals surface area contributed by atoms with Gasteiger partial charge in [-0.2, -0.15) is 0 Å². The molecule has 0 spiro atoms. The zero-order valence-corrected chi connectivity index (χ0v) is 19.6. The molecule has 0 aromatic rings. The van der Waals surface area contributed by atoms with Gasteiger partial charge in [-0.25, -0.2) is 0 Å². The molecule has 0 aliphatic heterocycles. The largest absolute Gasteiger partial charge is 0.393 e. The Morgan fingerprint density at radius 1 is 1.13 bits per heavy atom. The summed E-state index contributed by atoms with van der Waals surface area (Å²) in [6, 6.07) is 0. The molecule has 0 aromatic heterocycles. The summed E-state index contributed by atoms with van der Waals surface area (Å²) in [4.78, 5) is 0. The first kappa shape index (κ1) is 22.3. The minimum absolute atomic E-state index is 0.157. The van der Waals surface area contributed by atoms with Crippen LogP contribution in [-0.2, 0) is 0 Å². The molecular weight excluding hydrogens is 368 g/mol. The third-order valence-electron chi connectivity index (χ3n) is 9.25. The minimum Gasteiger partial charge on any atom is -0.393 e. The number of hydrogen-bond acceptors (Lipinski definition) is 2. The Morgan fingerprint density at radius 3 is 2.77 bits per heavy atom. The summed E-state index contributed by atoms with van der Waals surface area (Å²) >= 11 is 0. The lowest BCUT2D eigenvalue weighted by molar-refractivity contribution is 0.0907. The van der Waals surface area contributed by atoms with E-state index in [1.54, 1.807) is 5.57 Å². The van der Waals surface area contributed by atoms with Gasteiger partial charge in [0.25, 0.3) is 0 Å². The first-order chi connectivity index (χ1) is 14.4. The predicted octanol–water partition coefficient (Wildman–Crippen LogP) is 6.73. The van der Waals surface area contributed by atoms with Crippen LogP contribution in [0.3, 0.4) is 0 Å². The Hall–Kier alpha value is -0.860. The molecule has 0 heterocycles. The maximum atomic E-state index is 10.5. The first-order valence-electron chi connectivity index (χ1n) is 12.8. The number of hydrogen-bond donors (Lipinski definition) is 2. The Balaban J connectivity index is 1.43. The van der Waals surface area contributed by atoms with Gasteiger partial charge < -0.3 is 10.2 Å². The van der Waals surface area contributed by atoms with E-state index in [0.717, 1.165) is 49.9 Å². The quantitative estimate of drug-likeness (QED) is 0.475. The fourth-order valence-electron chi connectivity index (χ4n) is 7.69. The van der Waals surface area contributed by atoms with Crippen LogP contribution in [0.2, 0.25) is 0 Å². The molecule has 0 amide bonds. The van der Waals surface area contributed by atoms with Gasteiger partial charge in [-0.05, 0) is 106 Å². The van der Waals surface area contributed by atoms with E-state index in [-0.39, 0.29) is 12.2 Å². The monoisotopic (exact) mass is 412 g/mol. The highest BCUT2D eigenvalue weighted by molar-refractivity contribution is 5.31. The minimum atomic E-state index is -0.231. The lowest BCUT2D eigenvalue weighted by Gasteiger charge is -2.44. The van der Waals surface area contributed by atoms with Gasteiger partial charge in [0.15, 0.2) is 0 Å². The number of aliphatic hydroxyl groups is 2. The Kier molecular flexibility index (Phi) is 6.95. The summed E-state index contributed by atoms with van der Waals surface area (Å²) in [6.07, 6.45) is 21.3. The molecule has 2 heteroatoms. The number of fused-ring (bicyclic) bond motifs is 2. The van der Waals surface area contributed by atoms with E-state index in [4.69, 9.17) is 0 Å². The van der Waals surface area contributed by atoms with E-state index in [1.807, 2.05) is 6.92 Å². The molecule has 3 unspecified atom stereocenters. The van der Waals surface area contributed by atoms with Crippen LogP contribution >= 0.6 is 0 Å². The van der Waals surface area contributed by atoms with Crippen molar-refractivity contribution in [2.45, 2.75) is 110 Å². The third-order valence-corrected chi connectivity index (χ3v) is 9.25. The van der Waals surface area contributed by atoms with Crippen molar-refractivity contribution in [1.29, 1.82) is 0 Å². The lowest BCUT2D eigenvalue weighted by Crippen LogP contribution is -2.36. The molecule has 3 fully saturated rings. The number of rotatable bonds is 6. The van der Waals surface area contributed by atoms with Crippen LogP contribution in [0.1, 0.15) is 97.8 Å². The van der Waals surface area contributed by atoms with Crippen molar-refractivity contribution in [2.24, 2.45) is 29.1 Å². The van der Waals surface area contributed by atoms with Gasteiger partial charge in [0.05, 0.1) is 12.2 Å². The van der Waals surface area contributed by atoms with Crippen molar-refractivity contribution < 1.29 is 10.2 Å². The second kappa shape index (κ2) is 9.33. The van der Waals surface area contributed by atoms with Crippen LogP contribution in [0.4, 0.5) is 0 Å². The molecule has 3 saturated carbocycles. The summed E-state index contributed by atoms with van der Waals surface area (Å²) in [5, 5.41) is 20.1. The molecule has 0 bridgehead atoms. The average Bonchev–Trinajstić information content (AvgIpc) is 3.30. The molecule has 0 saturated heterocycles. The third kappa shape index (κ3) is 4.51. The van der Waals surface area contributed by atoms with Crippen LogP contribution < -0.4 is 0 Å². The molecule has 168 valence electrons. The van der Waals surface area contributed by atoms with Gasteiger partial charge in [0.2, 0.25) is 0 Å². The van der Waals surface area contributed by atoms with Gasteiger partial charge in [-0.3, -0.25) is 0 Å². The summed E-state index contributed by atoms with van der Waals surface area (Å²) < 4.78 is 0. The van der Waals surface area contributed by atoms with Crippen molar-refractivity contribution in [3.8, 4) is 0 Å². The van der Waals surface area contributed by atoms with Crippen molar-refractivity contribution >= 4 is 0 Å². The summed E-state index contributed by atoms with van der Waals surface area (Å²) in [5.41, 5.74) is 4.94. The van der Waals surface area contributed by atoms with E-state index in [9.17, 15) is 10.2 Å². The lowest BCUT2D eigenvalue weighted by atomic mass is 9.60. The summed E-state index contributed by atoms with van der Waals surface area (Å²) in [5.74, 6) is 2.95. The SMILES string of the molecule is CC(O)CCC[C@@H](C)C1CCC2/C(=C/C=C3/C[C@H]4CCC=C4[C@H](O)C3)CCC[C@@]21C. The Morgan fingerprint density at radius 2 is 1.97 bits per heavy atom. The second-order valence-corrected chi connectivity index (χ2v) is 11.3. The van der Waals surface area contributed by atoms with Crippen molar-refractivity contribution in [2.75, 3.05) is 0 Å². The highest BCUT2D eigenvalue weighted by atomic mass is 16.3. The fourth-order valence-corrected chi connectivity index (χ4v) is 7.69. The van der Waals surface area contributed by atoms with Crippen LogP contribution in [-0.4, -0.2) is 22.4 Å². The normalized spacial score (nSPS) is 40.9. The van der Waals surface area contributed by atoms with Gasteiger partial charge in [0, 0.05) is 0 Å². The molecular formula is C28H44O2. The Bertz CT molecular complexity index is 699. The molecule has 7 atom stereocenters. The highest BCUT2D eigenvalue weighted by Gasteiger charge is 2.50. The van der Waals surface area contributed by atoms with E-state index >= 15 is 0 Å². The number of aliphatic hydroxyl groups excluding tert-OH is 2. The van der Waals surface area contributed by atoms with Crippen LogP contribution in [0.5, 0.6) is 0 Å². The smallest absolute Gasteiger partial charge is 0.0790 e. The van der Waals surface area contributed by atoms with E-state index in [2.05, 4.69) is 32.1 Å². The van der Waals surface area contributed by atoms with Crippen LogP contribution in [0.25, 0.3) is 0 Å². The standard InChI is InChI=1S/C28H44O2/c1-19(7-4-8-20(2)29)25-14-15-26-22(10-6-16-28(25,26)3)13-12-21-17-23-9-5-11-24(23)27(30)18-21/h11-13,19-20,23,25-27,29-30H,4-10,14-18H2,1-3H3/b21-12-,22-13+/t19-,20?,23-,25?,26?,27-,28-/m1/s1. The van der Waals surface area contributed by atoms with Gasteiger partial charge in [-0.15, -0.1) is 0 Å². The van der Waals surface area contributed by atoms with Crippen molar-refractivity contribution in [1.82, 2.24) is 0 Å². The van der Waals surface area contributed by atoms with Gasteiger partial charge in [0.1, 0.15) is 0 Å². The van der Waals surface area contributed by atoms with E-state index < -0.39 is 0 Å². The van der Waals surface area contributed by atoms with Crippen molar-refractivity contribution in [3.63, 3.8) is 0 Å². The van der Waals surface area contributed by atoms with E-state index in [1.165, 1.54) is 56.1 Å². The molecule has 4 aliphatic carbocycles.